The van der Waals surface area contributed by atoms with Gasteiger partial charge in [-0.15, -0.1) is 0 Å². The molecule has 0 aliphatic rings. The van der Waals surface area contributed by atoms with Gasteiger partial charge in [-0.3, -0.25) is 0 Å². The van der Waals surface area contributed by atoms with E-state index in [1.165, 1.54) is 18.5 Å². The fourth-order valence-corrected chi connectivity index (χ4v) is 1.50. The van der Waals surface area contributed by atoms with E-state index < -0.39 is 11.7 Å². The van der Waals surface area contributed by atoms with Gasteiger partial charge in [0.15, 0.2) is 0 Å². The quantitative estimate of drug-likeness (QED) is 0.913. The summed E-state index contributed by atoms with van der Waals surface area (Å²) in [5.41, 5.74) is 0.0881. The lowest BCUT2D eigenvalue weighted by molar-refractivity contribution is -0.136. The molecule has 3 nitrogen and oxygen atoms in total. The van der Waals surface area contributed by atoms with E-state index >= 15 is 0 Å². The number of rotatable bonds is 3. The largest absolute Gasteiger partial charge is 0.418 e. The first-order valence-corrected chi connectivity index (χ1v) is 5.21. The zero-order valence-corrected chi connectivity index (χ0v) is 9.28. The highest BCUT2D eigenvalue weighted by atomic mass is 19.4. The number of nitrogens with one attached hydrogen (secondary N) is 1. The molecule has 1 heterocycles. The lowest BCUT2D eigenvalue weighted by Gasteiger charge is -2.14. The molecule has 18 heavy (non-hydrogen) atoms. The van der Waals surface area contributed by atoms with Gasteiger partial charge in [0, 0.05) is 30.2 Å². The van der Waals surface area contributed by atoms with E-state index in [2.05, 4.69) is 15.3 Å². The zero-order chi connectivity index (χ0) is 13.0. The Morgan fingerprint density at radius 2 is 1.72 bits per heavy atom. The Balaban J connectivity index is 2.15. The second-order valence-corrected chi connectivity index (χ2v) is 3.64. The highest BCUT2D eigenvalue weighted by Gasteiger charge is 2.32. The molecule has 2 rings (SSSR count). The number of para-hydroxylation sites is 1. The van der Waals surface area contributed by atoms with Crippen LogP contribution in [0.5, 0.6) is 0 Å². The van der Waals surface area contributed by atoms with Crippen LogP contribution in [-0.2, 0) is 12.7 Å². The van der Waals surface area contributed by atoms with Crippen molar-refractivity contribution in [2.24, 2.45) is 0 Å². The van der Waals surface area contributed by atoms with Crippen LogP contribution in [0, 0.1) is 0 Å². The van der Waals surface area contributed by atoms with Gasteiger partial charge in [-0.2, -0.15) is 13.2 Å². The van der Waals surface area contributed by atoms with Crippen molar-refractivity contribution in [1.82, 2.24) is 9.97 Å². The van der Waals surface area contributed by atoms with E-state index in [9.17, 15) is 13.2 Å². The zero-order valence-electron chi connectivity index (χ0n) is 9.28. The smallest absolute Gasteiger partial charge is 0.380 e. The lowest BCUT2D eigenvalue weighted by Crippen LogP contribution is -2.10. The Labute approximate surface area is 102 Å². The third kappa shape index (κ3) is 2.97. The number of nitrogens with zero attached hydrogens (tertiary/aromatic N) is 2. The molecule has 0 aliphatic heterocycles. The fourth-order valence-electron chi connectivity index (χ4n) is 1.50. The first-order chi connectivity index (χ1) is 8.57. The molecule has 0 radical (unpaired) electrons. The molecule has 0 saturated carbocycles. The molecule has 0 unspecified atom stereocenters. The van der Waals surface area contributed by atoms with Gasteiger partial charge in [0.1, 0.15) is 6.33 Å². The summed E-state index contributed by atoms with van der Waals surface area (Å²) in [5.74, 6) is 0. The van der Waals surface area contributed by atoms with Crippen molar-refractivity contribution in [2.45, 2.75) is 12.7 Å². The van der Waals surface area contributed by atoms with E-state index in [0.29, 0.717) is 0 Å². The average Bonchev–Trinajstić information content (AvgIpc) is 2.37. The van der Waals surface area contributed by atoms with Crippen LogP contribution in [0.1, 0.15) is 11.1 Å². The second kappa shape index (κ2) is 5.03. The first kappa shape index (κ1) is 12.3. The summed E-state index contributed by atoms with van der Waals surface area (Å²) >= 11 is 0. The second-order valence-electron chi connectivity index (χ2n) is 3.64. The highest BCUT2D eigenvalue weighted by Crippen LogP contribution is 2.34. The lowest BCUT2D eigenvalue weighted by atomic mass is 10.1. The number of aromatic nitrogens is 2. The van der Waals surface area contributed by atoms with E-state index in [0.717, 1.165) is 11.6 Å². The normalized spacial score (nSPS) is 11.3. The Kier molecular flexibility index (Phi) is 3.45. The summed E-state index contributed by atoms with van der Waals surface area (Å²) in [7, 11) is 0. The molecular formula is C12H10F3N3. The van der Waals surface area contributed by atoms with Crippen LogP contribution in [0.3, 0.4) is 0 Å². The minimum Gasteiger partial charge on any atom is -0.380 e. The minimum atomic E-state index is -4.36. The van der Waals surface area contributed by atoms with Crippen molar-refractivity contribution >= 4 is 5.69 Å². The van der Waals surface area contributed by atoms with Crippen LogP contribution in [0.15, 0.2) is 43.0 Å². The molecule has 1 N–H and O–H groups in total. The van der Waals surface area contributed by atoms with Gasteiger partial charge in [-0.25, -0.2) is 9.97 Å². The standard InChI is InChI=1S/C12H10F3N3/c13-12(14,15)10-3-1-2-4-11(10)18-7-9-5-16-8-17-6-9/h1-6,8,18H,7H2. The molecule has 0 aliphatic carbocycles. The van der Waals surface area contributed by atoms with Crippen molar-refractivity contribution in [2.75, 3.05) is 5.32 Å². The van der Waals surface area contributed by atoms with Gasteiger partial charge < -0.3 is 5.32 Å². The highest BCUT2D eigenvalue weighted by molar-refractivity contribution is 5.52. The van der Waals surface area contributed by atoms with Crippen LogP contribution in [0.25, 0.3) is 0 Å². The van der Waals surface area contributed by atoms with Crippen molar-refractivity contribution in [3.8, 4) is 0 Å². The maximum atomic E-state index is 12.7. The van der Waals surface area contributed by atoms with Gasteiger partial charge in [-0.1, -0.05) is 12.1 Å². The number of benzene rings is 1. The SMILES string of the molecule is FC(F)(F)c1ccccc1NCc1cncnc1. The molecule has 2 aromatic rings. The van der Waals surface area contributed by atoms with Gasteiger partial charge >= 0.3 is 6.18 Å². The van der Waals surface area contributed by atoms with E-state index in [1.54, 1.807) is 18.5 Å². The Hall–Kier alpha value is -2.11. The van der Waals surface area contributed by atoms with Gasteiger partial charge in [0.05, 0.1) is 5.56 Å². The number of anilines is 1. The molecule has 0 saturated heterocycles. The summed E-state index contributed by atoms with van der Waals surface area (Å²) < 4.78 is 38.1. The van der Waals surface area contributed by atoms with Crippen molar-refractivity contribution in [3.63, 3.8) is 0 Å². The van der Waals surface area contributed by atoms with Crippen LogP contribution in [0.4, 0.5) is 18.9 Å². The molecule has 0 atom stereocenters. The summed E-state index contributed by atoms with van der Waals surface area (Å²) in [6.07, 6.45) is 0.107. The molecular weight excluding hydrogens is 243 g/mol. The van der Waals surface area contributed by atoms with Crippen LogP contribution < -0.4 is 5.32 Å². The molecule has 0 bridgehead atoms. The van der Waals surface area contributed by atoms with Crippen LogP contribution >= 0.6 is 0 Å². The topological polar surface area (TPSA) is 37.8 Å². The van der Waals surface area contributed by atoms with Gasteiger partial charge in [-0.05, 0) is 12.1 Å². The van der Waals surface area contributed by atoms with Crippen LogP contribution in [0.2, 0.25) is 0 Å². The maximum absolute atomic E-state index is 12.7. The van der Waals surface area contributed by atoms with Crippen molar-refractivity contribution in [1.29, 1.82) is 0 Å². The summed E-state index contributed by atoms with van der Waals surface area (Å²) in [5, 5.41) is 2.74. The molecule has 6 heteroatoms. The maximum Gasteiger partial charge on any atom is 0.418 e. The number of hydrogen-bond acceptors (Lipinski definition) is 3. The van der Waals surface area contributed by atoms with Crippen molar-refractivity contribution < 1.29 is 13.2 Å². The first-order valence-electron chi connectivity index (χ1n) is 5.21. The third-order valence-electron chi connectivity index (χ3n) is 2.33. The average molecular weight is 253 g/mol. The van der Waals surface area contributed by atoms with Gasteiger partial charge in [0.2, 0.25) is 0 Å². The Bertz CT molecular complexity index is 511. The monoisotopic (exact) mass is 253 g/mol. The van der Waals surface area contributed by atoms with Gasteiger partial charge in [0.25, 0.3) is 0 Å². The molecule has 0 amide bonds. The van der Waals surface area contributed by atoms with Crippen LogP contribution in [-0.4, -0.2) is 9.97 Å². The minimum absolute atomic E-state index is 0.0499. The molecule has 1 aromatic carbocycles. The number of hydrogen-bond donors (Lipinski definition) is 1. The predicted octanol–water partition coefficient (Wildman–Crippen LogP) is 3.11. The summed E-state index contributed by atoms with van der Waals surface area (Å²) in [6.45, 7) is 0.244. The predicted molar refractivity (Wildman–Crippen MR) is 60.8 cm³/mol. The van der Waals surface area contributed by atoms with E-state index in [4.69, 9.17) is 0 Å². The summed E-state index contributed by atoms with van der Waals surface area (Å²) in [4.78, 5) is 7.59. The number of alkyl halides is 3. The third-order valence-corrected chi connectivity index (χ3v) is 2.33. The van der Waals surface area contributed by atoms with Crippen molar-refractivity contribution in [3.05, 3.63) is 54.1 Å². The molecule has 0 spiro atoms. The molecule has 94 valence electrons. The van der Waals surface area contributed by atoms with E-state index in [-0.39, 0.29) is 12.2 Å². The molecule has 0 fully saturated rings. The Morgan fingerprint density at radius 1 is 1.06 bits per heavy atom. The summed E-state index contributed by atoms with van der Waals surface area (Å²) in [6, 6.07) is 5.36. The molecule has 1 aromatic heterocycles. The fraction of sp³-hybridized carbons (Fsp3) is 0.167. The number of halogens is 3. The Morgan fingerprint density at radius 3 is 2.39 bits per heavy atom. The van der Waals surface area contributed by atoms with E-state index in [1.807, 2.05) is 0 Å².